The Kier molecular flexibility index (Phi) is 7.03. The van der Waals surface area contributed by atoms with Crippen LogP contribution in [0.2, 0.25) is 0 Å². The Morgan fingerprint density at radius 1 is 1.00 bits per heavy atom. The van der Waals surface area contributed by atoms with Crippen LogP contribution in [-0.4, -0.2) is 57.3 Å². The second kappa shape index (κ2) is 10.3. The van der Waals surface area contributed by atoms with E-state index in [-0.39, 0.29) is 17.7 Å². The number of hydrogen-bond donors (Lipinski definition) is 1. The molecule has 9 nitrogen and oxygen atoms in total. The van der Waals surface area contributed by atoms with Crippen LogP contribution in [0.25, 0.3) is 11.0 Å². The molecule has 1 aliphatic carbocycles. The van der Waals surface area contributed by atoms with Gasteiger partial charge in [-0.05, 0) is 77.3 Å². The highest BCUT2D eigenvalue weighted by molar-refractivity contribution is 5.80. The van der Waals surface area contributed by atoms with Crippen molar-refractivity contribution in [1.29, 1.82) is 0 Å². The van der Waals surface area contributed by atoms with E-state index >= 15 is 0 Å². The van der Waals surface area contributed by atoms with Crippen molar-refractivity contribution in [2.75, 3.05) is 36.4 Å². The largest absolute Gasteiger partial charge is 0.444 e. The van der Waals surface area contributed by atoms with Crippen molar-refractivity contribution in [3.63, 3.8) is 0 Å². The van der Waals surface area contributed by atoms with E-state index in [0.29, 0.717) is 24.7 Å². The molecule has 9 heteroatoms. The number of aromatic nitrogens is 3. The van der Waals surface area contributed by atoms with Gasteiger partial charge in [-0.15, -0.1) is 0 Å². The number of carbonyl (C=O) groups excluding carboxylic acids is 1. The van der Waals surface area contributed by atoms with Crippen LogP contribution in [0, 0.1) is 13.8 Å². The molecule has 0 atom stereocenters. The minimum absolute atomic E-state index is 0.0580. The Bertz CT molecular complexity index is 1380. The van der Waals surface area contributed by atoms with Crippen LogP contribution in [0.4, 0.5) is 22.1 Å². The number of ether oxygens (including phenoxy) is 1. The number of hydrogen-bond acceptors (Lipinski definition) is 7. The second-order valence-electron chi connectivity index (χ2n) is 11.4. The molecule has 3 aromatic rings. The molecule has 2 aliphatic rings. The summed E-state index contributed by atoms with van der Waals surface area (Å²) < 4.78 is 7.40. The fourth-order valence-corrected chi connectivity index (χ4v) is 5.38. The molecule has 1 saturated carbocycles. The van der Waals surface area contributed by atoms with Gasteiger partial charge < -0.3 is 19.9 Å². The normalized spacial score (nSPS) is 16.8. The van der Waals surface area contributed by atoms with Crippen LogP contribution in [0.1, 0.15) is 63.6 Å². The van der Waals surface area contributed by atoms with E-state index in [1.54, 1.807) is 4.90 Å². The van der Waals surface area contributed by atoms with Gasteiger partial charge in [0.25, 0.3) is 5.56 Å². The van der Waals surface area contributed by atoms with Crippen molar-refractivity contribution < 1.29 is 9.53 Å². The smallest absolute Gasteiger partial charge is 0.410 e. The molecule has 5 rings (SSSR count). The number of pyridine rings is 1. The highest BCUT2D eigenvalue weighted by atomic mass is 16.6. The third-order valence-electron chi connectivity index (χ3n) is 7.61. The van der Waals surface area contributed by atoms with Crippen molar-refractivity contribution >= 4 is 34.4 Å². The number of amides is 1. The Balaban J connectivity index is 1.30. The average Bonchev–Trinajstić information content (AvgIpc) is 3.41. The molecule has 1 N–H and O–H groups in total. The second-order valence-corrected chi connectivity index (χ2v) is 11.4. The lowest BCUT2D eigenvalue weighted by molar-refractivity contribution is 0.0240. The predicted molar refractivity (Wildman–Crippen MR) is 151 cm³/mol. The zero-order valence-electron chi connectivity index (χ0n) is 23.1. The molecular formula is C29H38N6O3. The molecule has 2 aromatic heterocycles. The van der Waals surface area contributed by atoms with Crippen molar-refractivity contribution in [3.05, 3.63) is 51.9 Å². The Labute approximate surface area is 223 Å². The fraction of sp³-hybridized carbons (Fsp3) is 0.517. The molecule has 3 heterocycles. The first-order chi connectivity index (χ1) is 18.1. The zero-order chi connectivity index (χ0) is 27.0. The maximum atomic E-state index is 13.2. The molecule has 38 heavy (non-hydrogen) atoms. The van der Waals surface area contributed by atoms with Crippen LogP contribution in [0.3, 0.4) is 0 Å². The maximum Gasteiger partial charge on any atom is 0.410 e. The summed E-state index contributed by atoms with van der Waals surface area (Å²) in [5, 5.41) is 4.25. The first-order valence-corrected chi connectivity index (χ1v) is 13.6. The lowest BCUT2D eigenvalue weighted by Gasteiger charge is -2.36. The molecule has 0 bridgehead atoms. The molecule has 2 fully saturated rings. The number of anilines is 3. The van der Waals surface area contributed by atoms with E-state index in [2.05, 4.69) is 27.3 Å². The third-order valence-corrected chi connectivity index (χ3v) is 7.61. The van der Waals surface area contributed by atoms with Crippen molar-refractivity contribution in [1.82, 2.24) is 19.4 Å². The van der Waals surface area contributed by atoms with Gasteiger partial charge in [0, 0.05) is 60.7 Å². The van der Waals surface area contributed by atoms with Gasteiger partial charge in [-0.3, -0.25) is 9.36 Å². The number of nitrogens with one attached hydrogen (secondary N) is 1. The van der Waals surface area contributed by atoms with Gasteiger partial charge in [-0.25, -0.2) is 9.78 Å². The molecule has 1 aromatic carbocycles. The number of rotatable bonds is 4. The van der Waals surface area contributed by atoms with E-state index in [1.807, 2.05) is 57.5 Å². The van der Waals surface area contributed by atoms with E-state index in [4.69, 9.17) is 9.72 Å². The topological polar surface area (TPSA) is 92.6 Å². The lowest BCUT2D eigenvalue weighted by atomic mass is 10.1. The highest BCUT2D eigenvalue weighted by Gasteiger charge is 2.26. The standard InChI is InChI=1S/C29H38N6O3/c1-19-20(2)26(36)35(23-8-6-7-9-23)25-24(19)18-30-27(32-25)31-21-10-12-22(13-11-21)33-14-16-34(17-15-33)28(37)38-29(3,4)5/h10-13,18,23H,6-9,14-17H2,1-5H3,(H,30,31,32). The first-order valence-electron chi connectivity index (χ1n) is 13.6. The zero-order valence-corrected chi connectivity index (χ0v) is 23.1. The number of fused-ring (bicyclic) bond motifs is 1. The van der Waals surface area contributed by atoms with Crippen LogP contribution >= 0.6 is 0 Å². The predicted octanol–water partition coefficient (Wildman–Crippen LogP) is 5.32. The summed E-state index contributed by atoms with van der Waals surface area (Å²) in [6, 6.07) is 8.34. The number of carbonyl (C=O) groups is 1. The Hall–Kier alpha value is -3.62. The molecule has 1 aliphatic heterocycles. The average molecular weight is 519 g/mol. The summed E-state index contributed by atoms with van der Waals surface area (Å²) in [7, 11) is 0. The minimum atomic E-state index is -0.488. The third kappa shape index (κ3) is 5.33. The summed E-state index contributed by atoms with van der Waals surface area (Å²) in [4.78, 5) is 39.0. The summed E-state index contributed by atoms with van der Waals surface area (Å²) in [5.41, 5.74) is 3.97. The van der Waals surface area contributed by atoms with Gasteiger partial charge in [-0.2, -0.15) is 4.98 Å². The van der Waals surface area contributed by atoms with E-state index < -0.39 is 5.60 Å². The monoisotopic (exact) mass is 518 g/mol. The van der Waals surface area contributed by atoms with Crippen molar-refractivity contribution in [2.45, 2.75) is 71.9 Å². The minimum Gasteiger partial charge on any atom is -0.444 e. The van der Waals surface area contributed by atoms with Gasteiger partial charge in [-0.1, -0.05) is 12.8 Å². The molecule has 0 unspecified atom stereocenters. The maximum absolute atomic E-state index is 13.2. The Morgan fingerprint density at radius 3 is 2.29 bits per heavy atom. The van der Waals surface area contributed by atoms with Crippen LogP contribution in [0.15, 0.2) is 35.3 Å². The number of benzene rings is 1. The molecule has 0 spiro atoms. The van der Waals surface area contributed by atoms with Crippen LogP contribution < -0.4 is 15.8 Å². The van der Waals surface area contributed by atoms with Crippen molar-refractivity contribution in [2.24, 2.45) is 0 Å². The highest BCUT2D eigenvalue weighted by Crippen LogP contribution is 2.32. The van der Waals surface area contributed by atoms with Gasteiger partial charge in [0.05, 0.1) is 0 Å². The van der Waals surface area contributed by atoms with Gasteiger partial charge in [0.15, 0.2) is 0 Å². The van der Waals surface area contributed by atoms with Crippen LogP contribution in [0.5, 0.6) is 0 Å². The van der Waals surface area contributed by atoms with E-state index in [0.717, 1.165) is 66.7 Å². The summed E-state index contributed by atoms with van der Waals surface area (Å²) >= 11 is 0. The SMILES string of the molecule is Cc1c(C)c2cnc(Nc3ccc(N4CCN(C(=O)OC(C)(C)C)CC4)cc3)nc2n(C2CCCC2)c1=O. The summed E-state index contributed by atoms with van der Waals surface area (Å²) in [6.45, 7) is 12.3. The fourth-order valence-electron chi connectivity index (χ4n) is 5.38. The summed E-state index contributed by atoms with van der Waals surface area (Å²) in [5.74, 6) is 0.477. The van der Waals surface area contributed by atoms with Crippen LogP contribution in [-0.2, 0) is 4.74 Å². The van der Waals surface area contributed by atoms with Crippen molar-refractivity contribution in [3.8, 4) is 0 Å². The van der Waals surface area contributed by atoms with E-state index in [1.165, 1.54) is 0 Å². The molecule has 1 amide bonds. The van der Waals surface area contributed by atoms with E-state index in [9.17, 15) is 9.59 Å². The molecule has 1 saturated heterocycles. The number of aryl methyl sites for hydroxylation is 1. The quantitative estimate of drug-likeness (QED) is 0.499. The molecular weight excluding hydrogens is 480 g/mol. The van der Waals surface area contributed by atoms with Gasteiger partial charge >= 0.3 is 6.09 Å². The number of nitrogens with zero attached hydrogens (tertiary/aromatic N) is 5. The number of piperazine rings is 1. The first kappa shape index (κ1) is 26.0. The summed E-state index contributed by atoms with van der Waals surface area (Å²) in [6.07, 6.45) is 5.89. The lowest BCUT2D eigenvalue weighted by Crippen LogP contribution is -2.50. The molecule has 202 valence electrons. The molecule has 0 radical (unpaired) electrons. The van der Waals surface area contributed by atoms with Gasteiger partial charge in [0.1, 0.15) is 11.2 Å². The Morgan fingerprint density at radius 2 is 1.66 bits per heavy atom. The van der Waals surface area contributed by atoms with Gasteiger partial charge in [0.2, 0.25) is 5.95 Å².